The van der Waals surface area contributed by atoms with Gasteiger partial charge in [0.1, 0.15) is 11.2 Å². The summed E-state index contributed by atoms with van der Waals surface area (Å²) in [7, 11) is 2.01. The summed E-state index contributed by atoms with van der Waals surface area (Å²) in [5.41, 5.74) is 6.53. The number of aromatic nitrogens is 3. The fraction of sp³-hybridized carbons (Fsp3) is 0.375. The number of hydrogen-bond donors (Lipinski definition) is 0. The Morgan fingerprint density at radius 3 is 2.29 bits per heavy atom. The van der Waals surface area contributed by atoms with Gasteiger partial charge in [0.25, 0.3) is 0 Å². The summed E-state index contributed by atoms with van der Waals surface area (Å²) in [5, 5.41) is 1.06. The number of ether oxygens (including phenoxy) is 1. The molecule has 2 aliphatic heterocycles. The zero-order valence-corrected chi connectivity index (χ0v) is 24.1. The normalized spacial score (nSPS) is 16.1. The standard InChI is InChI=1S/C32H36N6O3/c1-32(2,3)41-31(40)37-14-12-36(13-15-37)26-17-27-28(21-35(4)30(27)34-20-26)24-16-23(18-33-19-24)22-7-9-25(10-8-22)38-11-5-6-29(38)39/h7-10,16-21H,5-6,11-15H2,1-4H3. The summed E-state index contributed by atoms with van der Waals surface area (Å²) < 4.78 is 7.59. The molecule has 0 saturated carbocycles. The first kappa shape index (κ1) is 26.8. The van der Waals surface area contributed by atoms with E-state index < -0.39 is 5.60 Å². The van der Waals surface area contributed by atoms with Gasteiger partial charge in [0, 0.05) is 92.5 Å². The van der Waals surface area contributed by atoms with Crippen molar-refractivity contribution >= 4 is 34.4 Å². The van der Waals surface area contributed by atoms with Gasteiger partial charge in [0.2, 0.25) is 5.91 Å². The van der Waals surface area contributed by atoms with Gasteiger partial charge in [-0.15, -0.1) is 0 Å². The number of nitrogens with zero attached hydrogens (tertiary/aromatic N) is 6. The Labute approximate surface area is 240 Å². The van der Waals surface area contributed by atoms with Gasteiger partial charge in [0.15, 0.2) is 0 Å². The zero-order chi connectivity index (χ0) is 28.7. The number of anilines is 2. The lowest BCUT2D eigenvalue weighted by atomic mass is 10.0. The highest BCUT2D eigenvalue weighted by Gasteiger charge is 2.26. The SMILES string of the molecule is Cn1cc(-c2cncc(-c3ccc(N4CCCC4=O)cc3)c2)c2cc(N3CCN(C(=O)OC(C)(C)C)CC3)cnc21. The molecule has 0 unspecified atom stereocenters. The molecular weight excluding hydrogens is 516 g/mol. The van der Waals surface area contributed by atoms with Gasteiger partial charge in [-0.05, 0) is 57.0 Å². The van der Waals surface area contributed by atoms with Gasteiger partial charge >= 0.3 is 6.09 Å². The Morgan fingerprint density at radius 1 is 0.878 bits per heavy atom. The minimum absolute atomic E-state index is 0.190. The number of carbonyl (C=O) groups excluding carboxylic acids is 2. The van der Waals surface area contributed by atoms with Crippen molar-refractivity contribution < 1.29 is 14.3 Å². The molecule has 0 radical (unpaired) electrons. The van der Waals surface area contributed by atoms with E-state index in [2.05, 4.69) is 40.3 Å². The van der Waals surface area contributed by atoms with Crippen LogP contribution in [0.1, 0.15) is 33.6 Å². The lowest BCUT2D eigenvalue weighted by Crippen LogP contribution is -2.50. The number of benzene rings is 1. The van der Waals surface area contributed by atoms with Crippen LogP contribution in [0.5, 0.6) is 0 Å². The Hall–Kier alpha value is -4.40. The molecule has 0 aliphatic carbocycles. The molecule has 9 heteroatoms. The fourth-order valence-corrected chi connectivity index (χ4v) is 5.63. The number of carbonyl (C=O) groups is 2. The third-order valence-corrected chi connectivity index (χ3v) is 7.73. The van der Waals surface area contributed by atoms with Crippen molar-refractivity contribution in [2.24, 2.45) is 7.05 Å². The summed E-state index contributed by atoms with van der Waals surface area (Å²) in [6, 6.07) is 12.5. The third-order valence-electron chi connectivity index (χ3n) is 7.73. The van der Waals surface area contributed by atoms with E-state index in [0.717, 1.165) is 57.6 Å². The van der Waals surface area contributed by atoms with Crippen LogP contribution in [-0.2, 0) is 16.6 Å². The molecule has 2 fully saturated rings. The highest BCUT2D eigenvalue weighted by Crippen LogP contribution is 2.34. The second-order valence-electron chi connectivity index (χ2n) is 11.8. The van der Waals surface area contributed by atoms with Crippen molar-refractivity contribution in [1.29, 1.82) is 0 Å². The van der Waals surface area contributed by atoms with Gasteiger partial charge in [-0.1, -0.05) is 12.1 Å². The molecule has 1 aromatic carbocycles. The van der Waals surface area contributed by atoms with Crippen LogP contribution in [0.4, 0.5) is 16.2 Å². The monoisotopic (exact) mass is 552 g/mol. The van der Waals surface area contributed by atoms with Crippen LogP contribution in [0, 0.1) is 0 Å². The highest BCUT2D eigenvalue weighted by atomic mass is 16.6. The Kier molecular flexibility index (Phi) is 6.89. The first-order valence-corrected chi connectivity index (χ1v) is 14.2. The lowest BCUT2D eigenvalue weighted by molar-refractivity contribution is -0.117. The van der Waals surface area contributed by atoms with Gasteiger partial charge in [-0.2, -0.15) is 0 Å². The summed E-state index contributed by atoms with van der Waals surface area (Å²) >= 11 is 0. The van der Waals surface area contributed by atoms with E-state index in [-0.39, 0.29) is 12.0 Å². The molecule has 2 amide bonds. The van der Waals surface area contributed by atoms with Crippen LogP contribution in [0.15, 0.2) is 61.2 Å². The molecule has 2 saturated heterocycles. The van der Waals surface area contributed by atoms with Crippen molar-refractivity contribution in [2.75, 3.05) is 42.5 Å². The largest absolute Gasteiger partial charge is 0.444 e. The van der Waals surface area contributed by atoms with Crippen molar-refractivity contribution in [3.05, 3.63) is 61.2 Å². The molecule has 0 N–H and O–H groups in total. The predicted molar refractivity (Wildman–Crippen MR) is 161 cm³/mol. The Bertz CT molecular complexity index is 1600. The Balaban J connectivity index is 1.23. The molecule has 0 atom stereocenters. The molecule has 212 valence electrons. The molecule has 6 rings (SSSR count). The molecule has 4 aromatic rings. The predicted octanol–water partition coefficient (Wildman–Crippen LogP) is 5.49. The fourth-order valence-electron chi connectivity index (χ4n) is 5.63. The first-order valence-electron chi connectivity index (χ1n) is 14.2. The third kappa shape index (κ3) is 5.49. The minimum atomic E-state index is -0.503. The van der Waals surface area contributed by atoms with Crippen molar-refractivity contribution in [3.63, 3.8) is 0 Å². The summed E-state index contributed by atoms with van der Waals surface area (Å²) in [4.78, 5) is 39.9. The number of fused-ring (bicyclic) bond motifs is 1. The lowest BCUT2D eigenvalue weighted by Gasteiger charge is -2.36. The number of pyridine rings is 2. The molecule has 0 bridgehead atoms. The van der Waals surface area contributed by atoms with E-state index in [9.17, 15) is 9.59 Å². The van der Waals surface area contributed by atoms with Gasteiger partial charge < -0.3 is 24.0 Å². The number of piperazine rings is 1. The van der Waals surface area contributed by atoms with Crippen molar-refractivity contribution in [2.45, 2.75) is 39.2 Å². The first-order chi connectivity index (χ1) is 19.7. The smallest absolute Gasteiger partial charge is 0.410 e. The van der Waals surface area contributed by atoms with Crippen molar-refractivity contribution in [3.8, 4) is 22.3 Å². The summed E-state index contributed by atoms with van der Waals surface area (Å²) in [5.74, 6) is 0.190. The van der Waals surface area contributed by atoms with E-state index >= 15 is 0 Å². The number of aryl methyl sites for hydroxylation is 1. The molecule has 3 aromatic heterocycles. The van der Waals surface area contributed by atoms with Gasteiger partial charge in [0.05, 0.1) is 11.9 Å². The van der Waals surface area contributed by atoms with E-state index in [4.69, 9.17) is 9.72 Å². The topological polar surface area (TPSA) is 83.8 Å². The maximum Gasteiger partial charge on any atom is 0.410 e. The molecule has 41 heavy (non-hydrogen) atoms. The maximum atomic E-state index is 12.5. The van der Waals surface area contributed by atoms with Gasteiger partial charge in [-0.3, -0.25) is 9.78 Å². The Morgan fingerprint density at radius 2 is 1.61 bits per heavy atom. The maximum absolute atomic E-state index is 12.5. The van der Waals surface area contributed by atoms with E-state index in [1.54, 1.807) is 4.90 Å². The van der Waals surface area contributed by atoms with Crippen LogP contribution >= 0.6 is 0 Å². The second-order valence-corrected chi connectivity index (χ2v) is 11.8. The minimum Gasteiger partial charge on any atom is -0.444 e. The van der Waals surface area contributed by atoms with Crippen LogP contribution in [0.3, 0.4) is 0 Å². The van der Waals surface area contributed by atoms with Crippen LogP contribution in [0.2, 0.25) is 0 Å². The van der Waals surface area contributed by atoms with Crippen LogP contribution in [-0.4, -0.2) is 69.8 Å². The number of amides is 2. The van der Waals surface area contributed by atoms with Gasteiger partial charge in [-0.25, -0.2) is 9.78 Å². The average Bonchev–Trinajstić information content (AvgIpc) is 3.55. The summed E-state index contributed by atoms with van der Waals surface area (Å²) in [6.45, 7) is 9.08. The molecule has 9 nitrogen and oxygen atoms in total. The average molecular weight is 553 g/mol. The van der Waals surface area contributed by atoms with E-state index in [1.807, 2.05) is 68.0 Å². The summed E-state index contributed by atoms with van der Waals surface area (Å²) in [6.07, 6.45) is 9.05. The molecule has 2 aliphatic rings. The zero-order valence-electron chi connectivity index (χ0n) is 24.1. The molecule has 0 spiro atoms. The number of hydrogen-bond acceptors (Lipinski definition) is 6. The quantitative estimate of drug-likeness (QED) is 0.333. The van der Waals surface area contributed by atoms with E-state index in [0.29, 0.717) is 32.6 Å². The van der Waals surface area contributed by atoms with Crippen molar-refractivity contribution in [1.82, 2.24) is 19.4 Å². The second kappa shape index (κ2) is 10.5. The van der Waals surface area contributed by atoms with Crippen LogP contribution in [0.25, 0.3) is 33.3 Å². The van der Waals surface area contributed by atoms with Crippen LogP contribution < -0.4 is 9.80 Å². The highest BCUT2D eigenvalue weighted by molar-refractivity contribution is 5.97. The number of rotatable bonds is 4. The molecular formula is C32H36N6O3. The molecule has 5 heterocycles. The van der Waals surface area contributed by atoms with E-state index in [1.165, 1.54) is 0 Å².